The first kappa shape index (κ1) is 33.6. The third-order valence-corrected chi connectivity index (χ3v) is 12.7. The van der Waals surface area contributed by atoms with Gasteiger partial charge in [-0.3, -0.25) is 0 Å². The predicted molar refractivity (Wildman–Crippen MR) is 232 cm³/mol. The Labute approximate surface area is 326 Å². The number of nitrogens with zero attached hydrogens (tertiary/aromatic N) is 1. The van der Waals surface area contributed by atoms with Crippen LogP contribution >= 0.6 is 0 Å². The first-order chi connectivity index (χ1) is 27.2. The third kappa shape index (κ3) is 6.63. The molecular weight excluding hydrogens is 663 g/mol. The van der Waals surface area contributed by atoms with Crippen LogP contribution in [-0.4, -0.2) is 4.57 Å². The fourth-order valence-corrected chi connectivity index (χ4v) is 9.86. The van der Waals surface area contributed by atoms with E-state index in [4.69, 9.17) is 0 Å². The largest absolute Gasteiger partial charge is 0.313 e. The van der Waals surface area contributed by atoms with E-state index in [9.17, 15) is 0 Å². The summed E-state index contributed by atoms with van der Waals surface area (Å²) in [5, 5.41) is 1.32. The zero-order chi connectivity index (χ0) is 36.6. The number of aromatic nitrogens is 1. The highest BCUT2D eigenvalue weighted by Crippen LogP contribution is 2.45. The van der Waals surface area contributed by atoms with Crippen LogP contribution in [0.1, 0.15) is 54.0 Å². The van der Waals surface area contributed by atoms with Crippen molar-refractivity contribution in [2.24, 2.45) is 17.8 Å². The van der Waals surface area contributed by atoms with E-state index in [1.54, 1.807) is 0 Å². The molecule has 10 rings (SSSR count). The maximum absolute atomic E-state index is 2.49. The number of hydrogen-bond acceptors (Lipinski definition) is 0. The molecule has 6 aromatic carbocycles. The molecule has 7 aromatic rings. The van der Waals surface area contributed by atoms with E-state index in [0.29, 0.717) is 23.7 Å². The van der Waals surface area contributed by atoms with E-state index in [-0.39, 0.29) is 0 Å². The maximum Gasteiger partial charge on any atom is 0.0538 e. The lowest BCUT2D eigenvalue weighted by molar-refractivity contribution is 0.218. The summed E-state index contributed by atoms with van der Waals surface area (Å²) in [5.41, 5.74) is 15.7. The molecular formula is C54H47N. The maximum atomic E-state index is 2.49. The van der Waals surface area contributed by atoms with Gasteiger partial charge >= 0.3 is 0 Å². The first-order valence-electron chi connectivity index (χ1n) is 20.3. The van der Waals surface area contributed by atoms with Gasteiger partial charge in [-0.05, 0) is 137 Å². The molecule has 1 fully saturated rings. The van der Waals surface area contributed by atoms with Crippen molar-refractivity contribution in [2.75, 3.05) is 0 Å². The highest BCUT2D eigenvalue weighted by Gasteiger charge is 2.33. The van der Waals surface area contributed by atoms with Gasteiger partial charge in [0.2, 0.25) is 0 Å². The number of hydrogen-bond donors (Lipinski definition) is 0. The molecule has 0 N–H and O–H groups in total. The fraction of sp³-hybridized carbons (Fsp3) is 0.185. The second kappa shape index (κ2) is 14.7. The third-order valence-electron chi connectivity index (χ3n) is 12.7. The molecule has 4 atom stereocenters. The van der Waals surface area contributed by atoms with Gasteiger partial charge in [-0.15, -0.1) is 0 Å². The van der Waals surface area contributed by atoms with E-state index >= 15 is 0 Å². The Kier molecular flexibility index (Phi) is 9.00. The fourth-order valence-electron chi connectivity index (χ4n) is 9.86. The van der Waals surface area contributed by atoms with Gasteiger partial charge < -0.3 is 4.57 Å². The summed E-state index contributed by atoms with van der Waals surface area (Å²) in [6, 6.07) is 56.7. The van der Waals surface area contributed by atoms with Gasteiger partial charge in [0.25, 0.3) is 0 Å². The van der Waals surface area contributed by atoms with Crippen LogP contribution in [-0.2, 0) is 12.8 Å². The van der Waals surface area contributed by atoms with Gasteiger partial charge in [0.1, 0.15) is 0 Å². The topological polar surface area (TPSA) is 4.93 Å². The van der Waals surface area contributed by atoms with Crippen LogP contribution in [0.3, 0.4) is 0 Å². The van der Waals surface area contributed by atoms with Crippen LogP contribution in [0, 0.1) is 17.8 Å². The minimum Gasteiger partial charge on any atom is -0.313 e. The highest BCUT2D eigenvalue weighted by molar-refractivity contribution is 5.96. The number of allylic oxidation sites excluding steroid dienone is 5. The summed E-state index contributed by atoms with van der Waals surface area (Å²) in [6.07, 6.45) is 21.2. The Morgan fingerprint density at radius 3 is 2.00 bits per heavy atom. The van der Waals surface area contributed by atoms with Crippen LogP contribution in [0.4, 0.5) is 0 Å². The van der Waals surface area contributed by atoms with E-state index in [1.807, 2.05) is 0 Å². The molecule has 0 spiro atoms. The Balaban J connectivity index is 0.947. The molecule has 268 valence electrons. The van der Waals surface area contributed by atoms with Crippen molar-refractivity contribution in [1.29, 1.82) is 0 Å². The van der Waals surface area contributed by atoms with Gasteiger partial charge in [-0.2, -0.15) is 0 Å². The molecule has 0 amide bonds. The Morgan fingerprint density at radius 1 is 0.564 bits per heavy atom. The van der Waals surface area contributed by atoms with E-state index in [2.05, 4.69) is 193 Å². The van der Waals surface area contributed by atoms with Crippen LogP contribution in [0.25, 0.3) is 56.0 Å². The highest BCUT2D eigenvalue weighted by atomic mass is 15.0. The Bertz CT molecular complexity index is 2530. The second-order valence-electron chi connectivity index (χ2n) is 16.0. The Hall–Kier alpha value is -5.92. The molecule has 1 aromatic heterocycles. The zero-order valence-electron chi connectivity index (χ0n) is 31.4. The normalized spacial score (nSPS) is 19.2. The quantitative estimate of drug-likeness (QED) is 0.148. The van der Waals surface area contributed by atoms with Crippen molar-refractivity contribution in [1.82, 2.24) is 4.57 Å². The zero-order valence-corrected chi connectivity index (χ0v) is 31.4. The van der Waals surface area contributed by atoms with Crippen molar-refractivity contribution < 1.29 is 0 Å². The molecule has 3 unspecified atom stereocenters. The lowest BCUT2D eigenvalue weighted by Gasteiger charge is -2.38. The number of benzene rings is 6. The van der Waals surface area contributed by atoms with Crippen LogP contribution in [0.15, 0.2) is 182 Å². The lowest BCUT2D eigenvalue weighted by Crippen LogP contribution is -2.28. The van der Waals surface area contributed by atoms with Gasteiger partial charge in [0.15, 0.2) is 0 Å². The molecule has 1 heterocycles. The number of fused-ring (bicyclic) bond motifs is 4. The molecule has 3 aliphatic rings. The molecule has 0 radical (unpaired) electrons. The predicted octanol–water partition coefficient (Wildman–Crippen LogP) is 14.1. The van der Waals surface area contributed by atoms with Gasteiger partial charge in [-0.1, -0.05) is 158 Å². The van der Waals surface area contributed by atoms with Gasteiger partial charge in [0, 0.05) is 22.3 Å². The summed E-state index contributed by atoms with van der Waals surface area (Å²) in [7, 11) is 0. The molecule has 1 heteroatoms. The molecule has 0 aliphatic heterocycles. The van der Waals surface area contributed by atoms with Crippen molar-refractivity contribution in [3.05, 3.63) is 204 Å². The molecule has 1 saturated carbocycles. The summed E-state index contributed by atoms with van der Waals surface area (Å²) in [5.74, 6) is 2.60. The molecule has 0 bridgehead atoms. The molecule has 0 saturated heterocycles. The van der Waals surface area contributed by atoms with Crippen molar-refractivity contribution in [3.8, 4) is 39.1 Å². The minimum absolute atomic E-state index is 0.517. The monoisotopic (exact) mass is 709 g/mol. The van der Waals surface area contributed by atoms with E-state index < -0.39 is 0 Å². The summed E-state index contributed by atoms with van der Waals surface area (Å²) in [4.78, 5) is 0. The van der Waals surface area contributed by atoms with Crippen molar-refractivity contribution in [3.63, 3.8) is 0 Å². The molecule has 55 heavy (non-hydrogen) atoms. The molecule has 1 nitrogen and oxygen atoms in total. The first-order valence-corrected chi connectivity index (χ1v) is 20.3. The SMILES string of the molecule is C1=CC2CC[C@H](C(Cc3ccccc3)c3ccc(-c4cccc(-c5ccc6c(c5)c5c(n6-c6ccc(-c7ccccc7)cc6)CCC=C5)c4)cc3)CC2C=C1. The van der Waals surface area contributed by atoms with E-state index in [0.717, 1.165) is 19.3 Å². The second-order valence-corrected chi connectivity index (χ2v) is 16.0. The van der Waals surface area contributed by atoms with Gasteiger partial charge in [-0.25, -0.2) is 0 Å². The minimum atomic E-state index is 0.517. The lowest BCUT2D eigenvalue weighted by atomic mass is 9.66. The summed E-state index contributed by atoms with van der Waals surface area (Å²) in [6.45, 7) is 0. The number of rotatable bonds is 8. The van der Waals surface area contributed by atoms with Crippen LogP contribution < -0.4 is 0 Å². The van der Waals surface area contributed by atoms with E-state index in [1.165, 1.54) is 91.6 Å². The average molecular weight is 710 g/mol. The summed E-state index contributed by atoms with van der Waals surface area (Å²) >= 11 is 0. The standard InChI is InChI=1S/C54H47N/c1-3-12-38(13-4-1)34-51(48-27-24-40-16-7-8-17-44(40)36-48)43-25-22-42(23-26-43)45-18-11-19-46(35-45)47-30-33-54-52(37-47)50-20-9-10-21-53(50)55(54)49-31-28-41(29-32-49)39-14-5-2-6-15-39/h1-9,11-20,22-23,25-26,28-33,35,37,40,44,48,51H,10,21,24,27,34,36H2/t40?,44?,48-,51?/m0/s1. The van der Waals surface area contributed by atoms with Crippen molar-refractivity contribution >= 4 is 17.0 Å². The Morgan fingerprint density at radius 2 is 1.20 bits per heavy atom. The summed E-state index contributed by atoms with van der Waals surface area (Å²) < 4.78 is 2.49. The van der Waals surface area contributed by atoms with Crippen LogP contribution in [0.5, 0.6) is 0 Å². The van der Waals surface area contributed by atoms with Crippen molar-refractivity contribution in [2.45, 2.75) is 44.4 Å². The average Bonchev–Trinajstić information content (AvgIpc) is 3.60. The smallest absolute Gasteiger partial charge is 0.0538 e. The van der Waals surface area contributed by atoms with Gasteiger partial charge in [0.05, 0.1) is 5.52 Å². The molecule has 3 aliphatic carbocycles. The van der Waals surface area contributed by atoms with Crippen LogP contribution in [0.2, 0.25) is 0 Å².